The molecule has 0 fully saturated rings. The summed E-state index contributed by atoms with van der Waals surface area (Å²) in [5.74, 6) is -2.02. The molecule has 1 aromatic heterocycles. The molecule has 1 unspecified atom stereocenters. The van der Waals surface area contributed by atoms with Gasteiger partial charge in [0, 0.05) is 10.4 Å². The minimum atomic E-state index is -1.07. The van der Waals surface area contributed by atoms with Gasteiger partial charge in [-0.25, -0.2) is 9.37 Å². The van der Waals surface area contributed by atoms with E-state index in [4.69, 9.17) is 16.9 Å². The molecule has 2 aromatic rings. The van der Waals surface area contributed by atoms with Crippen LogP contribution in [0, 0.1) is 24.1 Å². The zero-order valence-corrected chi connectivity index (χ0v) is 11.4. The van der Waals surface area contributed by atoms with Crippen LogP contribution in [-0.4, -0.2) is 10.8 Å². The van der Waals surface area contributed by atoms with Gasteiger partial charge in [0.25, 0.3) is 0 Å². The van der Waals surface area contributed by atoms with Gasteiger partial charge in [0.1, 0.15) is 17.4 Å². The lowest BCUT2D eigenvalue weighted by atomic mass is 9.94. The number of aromatic nitrogens is 1. The molecule has 0 aliphatic heterocycles. The van der Waals surface area contributed by atoms with Crippen molar-refractivity contribution in [3.63, 3.8) is 0 Å². The molecule has 0 saturated heterocycles. The van der Waals surface area contributed by atoms with Crippen LogP contribution in [0.15, 0.2) is 23.6 Å². The number of carbonyl (C=O) groups is 1. The van der Waals surface area contributed by atoms with Gasteiger partial charge >= 0.3 is 0 Å². The maximum absolute atomic E-state index is 13.0. The Balaban J connectivity index is 2.40. The number of thiazole rings is 1. The largest absolute Gasteiger partial charge is 0.291 e. The number of aryl methyl sites for hydroxylation is 1. The van der Waals surface area contributed by atoms with E-state index in [9.17, 15) is 9.18 Å². The van der Waals surface area contributed by atoms with Crippen molar-refractivity contribution in [3.8, 4) is 6.07 Å². The zero-order chi connectivity index (χ0) is 14.0. The number of halogens is 2. The molecule has 0 bridgehead atoms. The number of rotatable bonds is 3. The second kappa shape index (κ2) is 5.47. The van der Waals surface area contributed by atoms with E-state index in [1.54, 1.807) is 12.3 Å². The Morgan fingerprint density at radius 3 is 2.84 bits per heavy atom. The molecule has 96 valence electrons. The molecular formula is C13H8ClFN2OS. The van der Waals surface area contributed by atoms with Crippen molar-refractivity contribution in [1.82, 2.24) is 4.98 Å². The number of Topliss-reactive ketones (excluding diaryl/α,β-unsaturated/α-hetero) is 1. The summed E-state index contributed by atoms with van der Waals surface area (Å²) in [6.45, 7) is 1.77. The first-order chi connectivity index (χ1) is 9.02. The van der Waals surface area contributed by atoms with E-state index < -0.39 is 17.5 Å². The molecule has 1 aromatic carbocycles. The number of nitriles is 1. The maximum Gasteiger partial charge on any atom is 0.203 e. The van der Waals surface area contributed by atoms with Gasteiger partial charge < -0.3 is 0 Å². The van der Waals surface area contributed by atoms with Crippen molar-refractivity contribution < 1.29 is 9.18 Å². The van der Waals surface area contributed by atoms with Crippen molar-refractivity contribution in [3.05, 3.63) is 50.7 Å². The summed E-state index contributed by atoms with van der Waals surface area (Å²) < 4.78 is 13.0. The highest BCUT2D eigenvalue weighted by molar-refractivity contribution is 7.09. The molecule has 0 aliphatic rings. The van der Waals surface area contributed by atoms with Crippen LogP contribution >= 0.6 is 22.9 Å². The van der Waals surface area contributed by atoms with E-state index in [1.807, 2.05) is 6.07 Å². The molecule has 0 N–H and O–H groups in total. The predicted octanol–water partition coefficient (Wildman–Crippen LogP) is 3.73. The number of carbonyl (C=O) groups excluding carboxylic acids is 1. The van der Waals surface area contributed by atoms with E-state index in [0.29, 0.717) is 5.56 Å². The number of ketones is 1. The molecular weight excluding hydrogens is 287 g/mol. The summed E-state index contributed by atoms with van der Waals surface area (Å²) in [4.78, 5) is 16.2. The fourth-order valence-electron chi connectivity index (χ4n) is 1.63. The molecule has 0 aliphatic carbocycles. The van der Waals surface area contributed by atoms with Crippen LogP contribution in [0.25, 0.3) is 0 Å². The Morgan fingerprint density at radius 2 is 2.32 bits per heavy atom. The summed E-state index contributed by atoms with van der Waals surface area (Å²) in [5, 5.41) is 11.6. The molecule has 1 heterocycles. The molecule has 3 nitrogen and oxygen atoms in total. The molecule has 19 heavy (non-hydrogen) atoms. The second-order valence-corrected chi connectivity index (χ2v) is 5.31. The monoisotopic (exact) mass is 294 g/mol. The quantitative estimate of drug-likeness (QED) is 0.810. The average Bonchev–Trinajstić information content (AvgIpc) is 2.79. The van der Waals surface area contributed by atoms with Crippen LogP contribution in [-0.2, 0) is 0 Å². The van der Waals surface area contributed by atoms with Gasteiger partial charge in [-0.05, 0) is 24.6 Å². The number of nitrogens with zero attached hydrogens (tertiary/aromatic N) is 2. The van der Waals surface area contributed by atoms with Crippen LogP contribution in [0.5, 0.6) is 0 Å². The van der Waals surface area contributed by atoms with Gasteiger partial charge in [0.2, 0.25) is 5.78 Å². The van der Waals surface area contributed by atoms with Gasteiger partial charge in [0.15, 0.2) is 0 Å². The Labute approximate surface area is 118 Å². The van der Waals surface area contributed by atoms with Crippen LogP contribution in [0.4, 0.5) is 4.39 Å². The van der Waals surface area contributed by atoms with Crippen molar-refractivity contribution in [2.45, 2.75) is 12.8 Å². The fraction of sp³-hybridized carbons (Fsp3) is 0.154. The first kappa shape index (κ1) is 13.7. The Bertz CT molecular complexity index is 678. The van der Waals surface area contributed by atoms with E-state index in [0.717, 1.165) is 11.1 Å². The van der Waals surface area contributed by atoms with Gasteiger partial charge in [0.05, 0.1) is 11.1 Å². The Kier molecular flexibility index (Phi) is 3.93. The van der Waals surface area contributed by atoms with Gasteiger partial charge in [-0.15, -0.1) is 11.3 Å². The van der Waals surface area contributed by atoms with Crippen molar-refractivity contribution in [1.29, 1.82) is 5.26 Å². The minimum absolute atomic E-state index is 0.0619. The third-order valence-corrected chi connectivity index (χ3v) is 3.64. The highest BCUT2D eigenvalue weighted by atomic mass is 35.5. The molecule has 1 atom stereocenters. The fourth-order valence-corrected chi connectivity index (χ4v) is 2.51. The van der Waals surface area contributed by atoms with Crippen molar-refractivity contribution >= 4 is 28.7 Å². The van der Waals surface area contributed by atoms with Crippen LogP contribution in [0.1, 0.15) is 27.0 Å². The molecule has 0 spiro atoms. The SMILES string of the molecule is Cc1nc(C(=O)C(C#N)c2ccc(F)cc2Cl)cs1. The van der Waals surface area contributed by atoms with Gasteiger partial charge in [-0.1, -0.05) is 17.7 Å². The topological polar surface area (TPSA) is 53.8 Å². The van der Waals surface area contributed by atoms with Crippen LogP contribution in [0.3, 0.4) is 0 Å². The van der Waals surface area contributed by atoms with E-state index >= 15 is 0 Å². The summed E-state index contributed by atoms with van der Waals surface area (Å²) in [5.41, 5.74) is 0.524. The summed E-state index contributed by atoms with van der Waals surface area (Å²) in [7, 11) is 0. The van der Waals surface area contributed by atoms with Crippen LogP contribution in [0.2, 0.25) is 5.02 Å². The first-order valence-electron chi connectivity index (χ1n) is 5.34. The molecule has 2 rings (SSSR count). The van der Waals surface area contributed by atoms with Crippen LogP contribution < -0.4 is 0 Å². The maximum atomic E-state index is 13.0. The third kappa shape index (κ3) is 2.80. The highest BCUT2D eigenvalue weighted by Gasteiger charge is 2.25. The first-order valence-corrected chi connectivity index (χ1v) is 6.59. The standard InChI is InChI=1S/C13H8ClFN2OS/c1-7-17-12(6-19-7)13(18)10(5-16)9-3-2-8(15)4-11(9)14/h2-4,6,10H,1H3. The average molecular weight is 295 g/mol. The summed E-state index contributed by atoms with van der Waals surface area (Å²) in [6.07, 6.45) is 0. The lowest BCUT2D eigenvalue weighted by Gasteiger charge is -2.08. The summed E-state index contributed by atoms with van der Waals surface area (Å²) in [6, 6.07) is 5.50. The Hall–Kier alpha value is -1.77. The Morgan fingerprint density at radius 1 is 1.58 bits per heavy atom. The zero-order valence-electron chi connectivity index (χ0n) is 9.85. The lowest BCUT2D eigenvalue weighted by Crippen LogP contribution is -2.12. The number of hydrogen-bond acceptors (Lipinski definition) is 4. The minimum Gasteiger partial charge on any atom is -0.291 e. The van der Waals surface area contributed by atoms with Crippen molar-refractivity contribution in [2.75, 3.05) is 0 Å². The molecule has 6 heteroatoms. The highest BCUT2D eigenvalue weighted by Crippen LogP contribution is 2.28. The van der Waals surface area contributed by atoms with Gasteiger partial charge in [-0.2, -0.15) is 5.26 Å². The van der Waals surface area contributed by atoms with E-state index in [-0.39, 0.29) is 10.7 Å². The normalized spacial score (nSPS) is 11.9. The smallest absolute Gasteiger partial charge is 0.203 e. The molecule has 0 amide bonds. The molecule has 0 radical (unpaired) electrons. The number of benzene rings is 1. The van der Waals surface area contributed by atoms with Gasteiger partial charge in [-0.3, -0.25) is 4.79 Å². The molecule has 0 saturated carbocycles. The summed E-state index contributed by atoms with van der Waals surface area (Å²) >= 11 is 7.21. The second-order valence-electron chi connectivity index (χ2n) is 3.84. The van der Waals surface area contributed by atoms with E-state index in [1.165, 1.54) is 23.5 Å². The van der Waals surface area contributed by atoms with Crippen molar-refractivity contribution in [2.24, 2.45) is 0 Å². The lowest BCUT2D eigenvalue weighted by molar-refractivity contribution is 0.0974. The van der Waals surface area contributed by atoms with E-state index in [2.05, 4.69) is 4.98 Å². The predicted molar refractivity (Wildman–Crippen MR) is 70.9 cm³/mol. The number of hydrogen-bond donors (Lipinski definition) is 0. The third-order valence-electron chi connectivity index (χ3n) is 2.54.